The molecule has 63 heavy (non-hydrogen) atoms. The Bertz CT molecular complexity index is 2590. The minimum absolute atomic E-state index is 0.0167. The number of benzene rings is 4. The van der Waals surface area contributed by atoms with Gasteiger partial charge in [-0.05, 0) is 38.3 Å². The fourth-order valence-electron chi connectivity index (χ4n) is 6.91. The Kier molecular flexibility index (Phi) is 13.7. The van der Waals surface area contributed by atoms with Crippen molar-refractivity contribution in [2.75, 3.05) is 16.8 Å². The molecule has 1 unspecified atom stereocenters. The molecule has 2 N–H and O–H groups in total. The van der Waals surface area contributed by atoms with Gasteiger partial charge in [0.25, 0.3) is 11.8 Å². The van der Waals surface area contributed by atoms with Crippen LogP contribution in [0.3, 0.4) is 0 Å². The number of carbonyl (C=O) groups is 5. The molecule has 4 heterocycles. The van der Waals surface area contributed by atoms with E-state index in [-0.39, 0.29) is 45.3 Å². The van der Waals surface area contributed by atoms with Crippen molar-refractivity contribution in [3.8, 4) is 0 Å². The number of β-lactam (4-membered cyclic amide) rings is 1. The molecule has 15 nitrogen and oxygen atoms in total. The zero-order valence-corrected chi connectivity index (χ0v) is 36.1. The number of thiazole rings is 1. The predicted octanol–water partition coefficient (Wildman–Crippen LogP) is 6.39. The summed E-state index contributed by atoms with van der Waals surface area (Å²) in [5, 5.41) is 18.6. The number of hydrogen-bond donors (Lipinski definition) is 2. The van der Waals surface area contributed by atoms with Crippen molar-refractivity contribution in [2.24, 2.45) is 0 Å². The second-order valence-corrected chi connectivity index (χ2v) is 17.0. The first-order valence-corrected chi connectivity index (χ1v) is 22.6. The number of halogens is 1. The maximum atomic E-state index is 14.6. The molecule has 1 saturated heterocycles. The highest BCUT2D eigenvalue weighted by atomic mass is 35.5. The summed E-state index contributed by atoms with van der Waals surface area (Å²) in [4.78, 5) is 72.2. The summed E-state index contributed by atoms with van der Waals surface area (Å²) in [6.45, 7) is -0.299. The van der Waals surface area contributed by atoms with Crippen LogP contribution in [0.25, 0.3) is 5.57 Å². The maximum absolute atomic E-state index is 14.6. The fraction of sp³-hybridized carbons (Fsp3) is 0.159. The summed E-state index contributed by atoms with van der Waals surface area (Å²) < 4.78 is 13.6. The number of anilines is 1. The van der Waals surface area contributed by atoms with Gasteiger partial charge in [-0.1, -0.05) is 145 Å². The van der Waals surface area contributed by atoms with Gasteiger partial charge < -0.3 is 20.1 Å². The van der Waals surface area contributed by atoms with Crippen molar-refractivity contribution >= 4 is 87.3 Å². The second-order valence-electron chi connectivity index (χ2n) is 13.8. The molecule has 2 aromatic heterocycles. The molecule has 1 fully saturated rings. The van der Waals surface area contributed by atoms with Crippen LogP contribution in [0.15, 0.2) is 149 Å². The van der Waals surface area contributed by atoms with Crippen LogP contribution in [-0.2, 0) is 40.0 Å². The largest absolute Gasteiger partial charge is 0.451 e. The number of nitrogens with one attached hydrogen (secondary N) is 2. The number of amides is 3. The molecule has 0 radical (unpaired) electrons. The molecule has 2 aliphatic heterocycles. The van der Waals surface area contributed by atoms with Crippen molar-refractivity contribution in [2.45, 2.75) is 35.3 Å². The van der Waals surface area contributed by atoms with Crippen LogP contribution < -0.4 is 10.6 Å². The minimum Gasteiger partial charge on any atom is -0.451 e. The van der Waals surface area contributed by atoms with Gasteiger partial charge in [0.05, 0.1) is 11.3 Å². The second kappa shape index (κ2) is 20.1. The molecule has 8 rings (SSSR count). The van der Waals surface area contributed by atoms with E-state index in [9.17, 15) is 24.0 Å². The zero-order chi connectivity index (χ0) is 43.7. The third-order valence-electron chi connectivity index (χ3n) is 9.88. The van der Waals surface area contributed by atoms with Crippen LogP contribution in [0.4, 0.5) is 5.13 Å². The summed E-state index contributed by atoms with van der Waals surface area (Å²) in [7, 11) is 0. The number of carbonyl (C=O) groups excluding carboxylic acids is 5. The number of rotatable bonds is 17. The topological polar surface area (TPSA) is 188 Å². The lowest BCUT2D eigenvalue weighted by Gasteiger charge is -2.49. The standard InChI is InChI=1S/C44H35ClN8O7S3/c45-21-32(33-25-62-43(47-33)46-26-54)39(56)48-35-40(57)53-36(42(58)60-38(29-17-9-3-10-18-29)30-19-11-4-12-20-30)31(23-61-41(35)53)24-63-44-49-50-51-52(44)22-34(55)59-37(27-13-5-1-6-14-27)28-15-7-2-8-16-28/h1-21,25-26,35,37-38,41H,22-24H2,(H,48,56)(H,46,47,54)/b32-21+/t35?,41-/m1/s1. The average molecular weight is 919 g/mol. The highest BCUT2D eigenvalue weighted by Crippen LogP contribution is 2.43. The number of tetrazole rings is 1. The molecule has 2 aliphatic rings. The van der Waals surface area contributed by atoms with Gasteiger partial charge in [0.2, 0.25) is 11.6 Å². The molecule has 3 amide bonds. The average Bonchev–Trinajstić information content (AvgIpc) is 3.98. The molecule has 19 heteroatoms. The summed E-state index contributed by atoms with van der Waals surface area (Å²) in [6.07, 6.45) is -1.02. The SMILES string of the molecule is O=CNc1nc(/C(=C\Cl)C(=O)NC2C(=O)N3C(C(=O)OC(c4ccccc4)c4ccccc4)=C(CSc4nnnn4CC(=O)OC(c4ccccc4)c4ccccc4)CS[C@H]23)cs1. The number of hydrogen-bond acceptors (Lipinski definition) is 14. The van der Waals surface area contributed by atoms with Crippen LogP contribution in [0, 0.1) is 0 Å². The number of ether oxygens (including phenoxy) is 2. The Labute approximate surface area is 377 Å². The van der Waals surface area contributed by atoms with E-state index in [0.29, 0.717) is 12.0 Å². The van der Waals surface area contributed by atoms with Gasteiger partial charge in [-0.15, -0.1) is 28.2 Å². The van der Waals surface area contributed by atoms with Crippen molar-refractivity contribution < 1.29 is 33.4 Å². The lowest BCUT2D eigenvalue weighted by molar-refractivity contribution is -0.154. The Morgan fingerprint density at radius 2 is 1.43 bits per heavy atom. The highest BCUT2D eigenvalue weighted by molar-refractivity contribution is 8.01. The number of esters is 2. The summed E-state index contributed by atoms with van der Waals surface area (Å²) in [6, 6.07) is 36.3. The molecule has 2 atom stereocenters. The monoisotopic (exact) mass is 918 g/mol. The Morgan fingerprint density at radius 3 is 1.98 bits per heavy atom. The summed E-state index contributed by atoms with van der Waals surface area (Å²) in [5.41, 5.74) is 4.85. The first-order valence-electron chi connectivity index (χ1n) is 19.3. The first-order chi connectivity index (χ1) is 30.8. The van der Waals surface area contributed by atoms with Gasteiger partial charge in [0.15, 0.2) is 17.3 Å². The van der Waals surface area contributed by atoms with E-state index in [1.165, 1.54) is 33.1 Å². The molecule has 0 spiro atoms. The number of fused-ring (bicyclic) bond motifs is 1. The molecule has 0 aliphatic carbocycles. The number of aromatic nitrogens is 5. The van der Waals surface area contributed by atoms with E-state index in [1.807, 2.05) is 121 Å². The van der Waals surface area contributed by atoms with Crippen molar-refractivity contribution in [3.63, 3.8) is 0 Å². The fourth-order valence-corrected chi connectivity index (χ4v) is 10.2. The van der Waals surface area contributed by atoms with Crippen LogP contribution in [0.5, 0.6) is 0 Å². The number of thioether (sulfide) groups is 2. The molecule has 6 aromatic rings. The van der Waals surface area contributed by atoms with Gasteiger partial charge in [-0.3, -0.25) is 24.1 Å². The van der Waals surface area contributed by atoms with E-state index in [1.54, 1.807) is 5.38 Å². The summed E-state index contributed by atoms with van der Waals surface area (Å²) >= 11 is 9.69. The highest BCUT2D eigenvalue weighted by Gasteiger charge is 2.55. The zero-order valence-electron chi connectivity index (χ0n) is 32.9. The normalized spacial score (nSPS) is 16.0. The van der Waals surface area contributed by atoms with Crippen LogP contribution in [0.1, 0.15) is 40.2 Å². The molecule has 0 bridgehead atoms. The third kappa shape index (κ3) is 9.73. The molecule has 4 aromatic carbocycles. The third-order valence-corrected chi connectivity index (χ3v) is 13.3. The van der Waals surface area contributed by atoms with E-state index in [2.05, 4.69) is 31.1 Å². The number of nitrogens with zero attached hydrogens (tertiary/aromatic N) is 6. The van der Waals surface area contributed by atoms with Gasteiger partial charge in [0.1, 0.15) is 23.7 Å². The van der Waals surface area contributed by atoms with Crippen LogP contribution in [0.2, 0.25) is 0 Å². The molecular weight excluding hydrogens is 884 g/mol. The predicted molar refractivity (Wildman–Crippen MR) is 238 cm³/mol. The van der Waals surface area contributed by atoms with Gasteiger partial charge >= 0.3 is 11.9 Å². The minimum atomic E-state index is -1.02. The Balaban J connectivity index is 1.04. The molecular formula is C44H35ClN8O7S3. The van der Waals surface area contributed by atoms with E-state index < -0.39 is 47.4 Å². The Morgan fingerprint density at radius 1 is 0.857 bits per heavy atom. The molecule has 318 valence electrons. The van der Waals surface area contributed by atoms with Crippen LogP contribution >= 0.6 is 46.5 Å². The van der Waals surface area contributed by atoms with E-state index in [4.69, 9.17) is 21.1 Å². The van der Waals surface area contributed by atoms with E-state index >= 15 is 0 Å². The smallest absolute Gasteiger partial charge is 0.356 e. The van der Waals surface area contributed by atoms with Gasteiger partial charge in [0, 0.05) is 22.4 Å². The van der Waals surface area contributed by atoms with Crippen molar-refractivity contribution in [3.05, 3.63) is 171 Å². The van der Waals surface area contributed by atoms with E-state index in [0.717, 1.165) is 39.1 Å². The lowest BCUT2D eigenvalue weighted by atomic mass is 10.0. The molecule has 0 saturated carbocycles. The van der Waals surface area contributed by atoms with Gasteiger partial charge in [-0.2, -0.15) is 0 Å². The summed E-state index contributed by atoms with van der Waals surface area (Å²) in [5.74, 6) is -2.13. The van der Waals surface area contributed by atoms with Crippen molar-refractivity contribution in [1.29, 1.82) is 0 Å². The first kappa shape index (κ1) is 43.1. The van der Waals surface area contributed by atoms with Crippen LogP contribution in [-0.4, -0.2) is 83.2 Å². The Hall–Kier alpha value is -6.60. The van der Waals surface area contributed by atoms with Crippen molar-refractivity contribution in [1.82, 2.24) is 35.4 Å². The van der Waals surface area contributed by atoms with Gasteiger partial charge in [-0.25, -0.2) is 14.5 Å². The maximum Gasteiger partial charge on any atom is 0.356 e. The quantitative estimate of drug-likeness (QED) is 0.0337. The lowest BCUT2D eigenvalue weighted by Crippen LogP contribution is -2.70.